The second kappa shape index (κ2) is 7.63. The molecule has 2 N–H and O–H groups in total. The lowest BCUT2D eigenvalue weighted by atomic mass is 9.95. The maximum Gasteiger partial charge on any atom is 0.341 e. The van der Waals surface area contributed by atoms with Gasteiger partial charge in [0.25, 0.3) is 0 Å². The zero-order valence-corrected chi connectivity index (χ0v) is 16.4. The van der Waals surface area contributed by atoms with Crippen molar-refractivity contribution in [3.63, 3.8) is 0 Å². The first-order valence-corrected chi connectivity index (χ1v) is 9.66. The Morgan fingerprint density at radius 1 is 1.21 bits per heavy atom. The molecule has 0 radical (unpaired) electrons. The number of fused-ring (bicyclic) bond motifs is 1. The Bertz CT molecular complexity index is 772. The highest BCUT2D eigenvalue weighted by atomic mass is 79.9. The maximum absolute atomic E-state index is 12.2. The van der Waals surface area contributed by atoms with Gasteiger partial charge in [-0.25, -0.2) is 4.79 Å². The van der Waals surface area contributed by atoms with Crippen molar-refractivity contribution in [2.45, 2.75) is 25.7 Å². The lowest BCUT2D eigenvalue weighted by Crippen LogP contribution is -2.20. The molecule has 0 aliphatic heterocycles. The van der Waals surface area contributed by atoms with Crippen molar-refractivity contribution in [1.82, 2.24) is 0 Å². The van der Waals surface area contributed by atoms with Gasteiger partial charge in [0.05, 0.1) is 12.7 Å². The standard InChI is InChI=1S/C17H17BrN2O2S2/c1-22-16(21)14-12-4-2-3-5-13(12)24-15(14)20-17(23)19-11-8-6-10(18)7-9-11/h6-9H,2-5H2,1H3,(H2,19,20,23). The normalized spacial score (nSPS) is 13.1. The molecular formula is C17H17BrN2O2S2. The summed E-state index contributed by atoms with van der Waals surface area (Å²) in [6.45, 7) is 0. The fraction of sp³-hybridized carbons (Fsp3) is 0.294. The van der Waals surface area contributed by atoms with Crippen molar-refractivity contribution in [3.05, 3.63) is 44.7 Å². The fourth-order valence-corrected chi connectivity index (χ4v) is 4.60. The Morgan fingerprint density at radius 2 is 1.92 bits per heavy atom. The maximum atomic E-state index is 12.2. The average molecular weight is 425 g/mol. The topological polar surface area (TPSA) is 50.4 Å². The van der Waals surface area contributed by atoms with E-state index in [1.165, 1.54) is 12.0 Å². The Balaban J connectivity index is 1.81. The van der Waals surface area contributed by atoms with Crippen LogP contribution >= 0.6 is 39.5 Å². The number of hydrogen-bond acceptors (Lipinski definition) is 4. The number of benzene rings is 1. The van der Waals surface area contributed by atoms with Crippen molar-refractivity contribution < 1.29 is 9.53 Å². The summed E-state index contributed by atoms with van der Waals surface area (Å²) in [6.07, 6.45) is 4.20. The molecule has 0 saturated carbocycles. The largest absolute Gasteiger partial charge is 0.465 e. The number of halogens is 1. The minimum absolute atomic E-state index is 0.302. The van der Waals surface area contributed by atoms with Crippen LogP contribution in [-0.2, 0) is 17.6 Å². The summed E-state index contributed by atoms with van der Waals surface area (Å²) in [5.74, 6) is -0.302. The number of nitrogens with one attached hydrogen (secondary N) is 2. The minimum atomic E-state index is -0.302. The predicted molar refractivity (Wildman–Crippen MR) is 106 cm³/mol. The fourth-order valence-electron chi connectivity index (χ4n) is 2.77. The number of methoxy groups -OCH3 is 1. The summed E-state index contributed by atoms with van der Waals surface area (Å²) >= 11 is 10.4. The SMILES string of the molecule is COC(=O)c1c(NC(=S)Nc2ccc(Br)cc2)sc2c1CCCC2. The van der Waals surface area contributed by atoms with Crippen LogP contribution in [0.3, 0.4) is 0 Å². The third-order valence-corrected chi connectivity index (χ3v) is 5.83. The summed E-state index contributed by atoms with van der Waals surface area (Å²) < 4.78 is 5.98. The Morgan fingerprint density at radius 3 is 2.62 bits per heavy atom. The third-order valence-electron chi connectivity index (χ3n) is 3.89. The molecule has 1 aliphatic rings. The number of thiophene rings is 1. The summed E-state index contributed by atoms with van der Waals surface area (Å²) in [4.78, 5) is 13.5. The van der Waals surface area contributed by atoms with Crippen molar-refractivity contribution in [2.24, 2.45) is 0 Å². The van der Waals surface area contributed by atoms with E-state index in [0.29, 0.717) is 10.7 Å². The lowest BCUT2D eigenvalue weighted by molar-refractivity contribution is 0.0601. The van der Waals surface area contributed by atoms with Crippen LogP contribution in [0, 0.1) is 0 Å². The van der Waals surface area contributed by atoms with Crippen LogP contribution < -0.4 is 10.6 Å². The molecule has 7 heteroatoms. The van der Waals surface area contributed by atoms with Crippen molar-refractivity contribution in [3.8, 4) is 0 Å². The van der Waals surface area contributed by atoms with Crippen LogP contribution in [0.15, 0.2) is 28.7 Å². The van der Waals surface area contributed by atoms with E-state index in [0.717, 1.165) is 46.4 Å². The number of thiocarbonyl (C=S) groups is 1. The molecule has 0 atom stereocenters. The first-order valence-electron chi connectivity index (χ1n) is 7.65. The number of carbonyl (C=O) groups excluding carboxylic acids is 1. The van der Waals surface area contributed by atoms with E-state index in [1.807, 2.05) is 24.3 Å². The van der Waals surface area contributed by atoms with E-state index in [1.54, 1.807) is 11.3 Å². The number of anilines is 2. The molecule has 0 spiro atoms. The van der Waals surface area contributed by atoms with Gasteiger partial charge >= 0.3 is 5.97 Å². The smallest absolute Gasteiger partial charge is 0.341 e. The third kappa shape index (κ3) is 3.79. The van der Waals surface area contributed by atoms with Gasteiger partial charge in [-0.3, -0.25) is 0 Å². The van der Waals surface area contributed by atoms with Crippen LogP contribution in [0.5, 0.6) is 0 Å². The van der Waals surface area contributed by atoms with Crippen molar-refractivity contribution >= 4 is 61.3 Å². The van der Waals surface area contributed by atoms with Gasteiger partial charge in [-0.2, -0.15) is 0 Å². The first kappa shape index (κ1) is 17.4. The highest BCUT2D eigenvalue weighted by molar-refractivity contribution is 9.10. The summed E-state index contributed by atoms with van der Waals surface area (Å²) in [5, 5.41) is 7.53. The highest BCUT2D eigenvalue weighted by Gasteiger charge is 2.26. The molecule has 4 nitrogen and oxygen atoms in total. The van der Waals surface area contributed by atoms with Gasteiger partial charge < -0.3 is 15.4 Å². The van der Waals surface area contributed by atoms with E-state index in [-0.39, 0.29) is 5.97 Å². The molecule has 2 aromatic rings. The molecule has 0 unspecified atom stereocenters. The van der Waals surface area contributed by atoms with E-state index >= 15 is 0 Å². The number of aryl methyl sites for hydroxylation is 1. The molecule has 1 aliphatic carbocycles. The molecule has 126 valence electrons. The molecule has 1 aromatic heterocycles. The molecule has 0 amide bonds. The predicted octanol–water partition coefficient (Wildman–Crippen LogP) is 4.98. The minimum Gasteiger partial charge on any atom is -0.465 e. The van der Waals surface area contributed by atoms with E-state index in [9.17, 15) is 4.79 Å². The first-order chi connectivity index (χ1) is 11.6. The summed E-state index contributed by atoms with van der Waals surface area (Å²) in [5.41, 5.74) is 2.64. The zero-order chi connectivity index (χ0) is 17.1. The molecule has 24 heavy (non-hydrogen) atoms. The highest BCUT2D eigenvalue weighted by Crippen LogP contribution is 2.38. The van der Waals surface area contributed by atoms with Gasteiger partial charge in [0.2, 0.25) is 0 Å². The quantitative estimate of drug-likeness (QED) is 0.536. The number of rotatable bonds is 3. The Hall–Kier alpha value is -1.44. The van der Waals surface area contributed by atoms with Gasteiger partial charge in [-0.1, -0.05) is 15.9 Å². The lowest BCUT2D eigenvalue weighted by Gasteiger charge is -2.12. The van der Waals surface area contributed by atoms with Crippen LogP contribution in [-0.4, -0.2) is 18.2 Å². The number of esters is 1. The van der Waals surface area contributed by atoms with E-state index in [2.05, 4.69) is 26.6 Å². The van der Waals surface area contributed by atoms with Gasteiger partial charge in [-0.15, -0.1) is 11.3 Å². The second-order valence-electron chi connectivity index (χ2n) is 5.49. The summed E-state index contributed by atoms with van der Waals surface area (Å²) in [7, 11) is 1.41. The molecular weight excluding hydrogens is 408 g/mol. The van der Waals surface area contributed by atoms with E-state index in [4.69, 9.17) is 17.0 Å². The number of ether oxygens (including phenoxy) is 1. The molecule has 0 bridgehead atoms. The Kier molecular flexibility index (Phi) is 5.53. The van der Waals surface area contributed by atoms with Crippen LogP contribution in [0.1, 0.15) is 33.6 Å². The van der Waals surface area contributed by atoms with Crippen LogP contribution in [0.4, 0.5) is 10.7 Å². The van der Waals surface area contributed by atoms with Gasteiger partial charge in [0.15, 0.2) is 5.11 Å². The average Bonchev–Trinajstić information content (AvgIpc) is 2.94. The van der Waals surface area contributed by atoms with Gasteiger partial charge in [0, 0.05) is 15.0 Å². The second-order valence-corrected chi connectivity index (χ2v) is 7.92. The number of hydrogen-bond donors (Lipinski definition) is 2. The molecule has 1 heterocycles. The molecule has 3 rings (SSSR count). The van der Waals surface area contributed by atoms with E-state index < -0.39 is 0 Å². The zero-order valence-electron chi connectivity index (χ0n) is 13.1. The molecule has 0 fully saturated rings. The van der Waals surface area contributed by atoms with Gasteiger partial charge in [-0.05, 0) is 67.7 Å². The van der Waals surface area contributed by atoms with Crippen LogP contribution in [0.2, 0.25) is 0 Å². The monoisotopic (exact) mass is 424 g/mol. The molecule has 0 saturated heterocycles. The van der Waals surface area contributed by atoms with Gasteiger partial charge in [0.1, 0.15) is 5.00 Å². The van der Waals surface area contributed by atoms with Crippen molar-refractivity contribution in [1.29, 1.82) is 0 Å². The Labute approximate surface area is 158 Å². The summed E-state index contributed by atoms with van der Waals surface area (Å²) in [6, 6.07) is 7.74. The number of carbonyl (C=O) groups is 1. The van der Waals surface area contributed by atoms with Crippen molar-refractivity contribution in [2.75, 3.05) is 17.7 Å². The molecule has 1 aromatic carbocycles. The van der Waals surface area contributed by atoms with Crippen LogP contribution in [0.25, 0.3) is 0 Å².